The summed E-state index contributed by atoms with van der Waals surface area (Å²) < 4.78 is 87.4. The van der Waals surface area contributed by atoms with Crippen LogP contribution in [0.3, 0.4) is 0 Å². The van der Waals surface area contributed by atoms with E-state index in [0.29, 0.717) is 5.92 Å². The van der Waals surface area contributed by atoms with Crippen LogP contribution in [-0.2, 0) is 39.6 Å². The Morgan fingerprint density at radius 2 is 1.04 bits per heavy atom. The molecule has 13 heteroatoms. The summed E-state index contributed by atoms with van der Waals surface area (Å²) in [5.74, 6) is 0.653. The monoisotopic (exact) mass is 751 g/mol. The first-order valence-corrected chi connectivity index (χ1v) is 16.3. The number of rotatable bonds is 7. The van der Waals surface area contributed by atoms with E-state index < -0.39 is 37.7 Å². The van der Waals surface area contributed by atoms with Crippen LogP contribution in [0.2, 0.25) is 0 Å². The SMILES string of the molecule is Cc1ccc(C(C)C)cc1.Cc1ccc(S(=O)(=O)[N-][C@@H](c2ccccc2)[C@@H](N)c2ccccc2)cc1.O=S(=O)(O)C(F)(F)F.[Ru+]. The average Bonchev–Trinajstić information content (AvgIpc) is 2.97. The van der Waals surface area contributed by atoms with Crippen molar-refractivity contribution in [1.29, 1.82) is 0 Å². The Morgan fingerprint density at radius 1 is 0.667 bits per heavy atom. The first-order chi connectivity index (χ1) is 20.4. The third-order valence-electron chi connectivity index (χ3n) is 6.27. The minimum absolute atomic E-state index is 0. The summed E-state index contributed by atoms with van der Waals surface area (Å²) in [7, 11) is -9.67. The van der Waals surface area contributed by atoms with E-state index in [2.05, 4.69) is 49.8 Å². The number of hydrogen-bond donors (Lipinski definition) is 2. The second-order valence-electron chi connectivity index (χ2n) is 10.2. The Kier molecular flexibility index (Phi) is 15.8. The van der Waals surface area contributed by atoms with Gasteiger partial charge >= 0.3 is 35.1 Å². The van der Waals surface area contributed by atoms with Crippen molar-refractivity contribution in [1.82, 2.24) is 0 Å². The molecule has 0 spiro atoms. The van der Waals surface area contributed by atoms with Crippen LogP contribution in [0.25, 0.3) is 4.72 Å². The predicted molar refractivity (Wildman–Crippen MR) is 167 cm³/mol. The maximum atomic E-state index is 12.8. The number of nitrogens with two attached hydrogens (primary N) is 1. The van der Waals surface area contributed by atoms with Crippen LogP contribution in [-0.4, -0.2) is 26.9 Å². The number of aryl methyl sites for hydroxylation is 2. The summed E-state index contributed by atoms with van der Waals surface area (Å²) in [6.07, 6.45) is 0. The third kappa shape index (κ3) is 13.1. The van der Waals surface area contributed by atoms with Gasteiger partial charge in [0.1, 0.15) is 10.0 Å². The molecule has 0 amide bonds. The minimum atomic E-state index is -5.84. The zero-order valence-electron chi connectivity index (χ0n) is 25.0. The summed E-state index contributed by atoms with van der Waals surface area (Å²) in [4.78, 5) is 0.171. The van der Waals surface area contributed by atoms with Gasteiger partial charge in [-0.05, 0) is 43.0 Å². The third-order valence-corrected chi connectivity index (χ3v) is 8.23. The smallest absolute Gasteiger partial charge is 0.537 e. The zero-order chi connectivity index (χ0) is 33.1. The summed E-state index contributed by atoms with van der Waals surface area (Å²) in [5.41, 5.74) is 6.24. The molecule has 0 saturated heterocycles. The molecular formula is C32H36F3N2O5RuS2. The zero-order valence-corrected chi connectivity index (χ0v) is 28.4. The fourth-order valence-corrected chi connectivity index (χ4v) is 4.87. The van der Waals surface area contributed by atoms with E-state index in [9.17, 15) is 21.6 Å². The normalized spacial score (nSPS) is 12.8. The minimum Gasteiger partial charge on any atom is -0.537 e. The topological polar surface area (TPSA) is 129 Å². The van der Waals surface area contributed by atoms with Crippen LogP contribution in [0.1, 0.15) is 59.7 Å². The molecule has 4 rings (SSSR count). The molecule has 1 radical (unpaired) electrons. The molecule has 3 N–H and O–H groups in total. The fourth-order valence-electron chi connectivity index (χ4n) is 3.71. The summed E-state index contributed by atoms with van der Waals surface area (Å²) in [6.45, 7) is 8.45. The van der Waals surface area contributed by atoms with Gasteiger partial charge in [-0.2, -0.15) is 21.6 Å². The number of nitrogens with zero attached hydrogens (tertiary/aromatic N) is 1. The largest absolute Gasteiger partial charge is 1.00 e. The van der Waals surface area contributed by atoms with E-state index in [-0.39, 0.29) is 24.4 Å². The number of benzene rings is 4. The van der Waals surface area contributed by atoms with Gasteiger partial charge < -0.3 is 10.5 Å². The van der Waals surface area contributed by atoms with E-state index in [1.54, 1.807) is 24.3 Å². The van der Waals surface area contributed by atoms with Gasteiger partial charge in [0.2, 0.25) is 0 Å². The van der Waals surface area contributed by atoms with Crippen LogP contribution in [0.15, 0.2) is 114 Å². The second-order valence-corrected chi connectivity index (χ2v) is 13.2. The number of hydrogen-bond acceptors (Lipinski definition) is 5. The van der Waals surface area contributed by atoms with E-state index in [1.807, 2.05) is 67.6 Å². The quantitative estimate of drug-likeness (QED) is 0.112. The van der Waals surface area contributed by atoms with Gasteiger partial charge in [0, 0.05) is 10.9 Å². The first-order valence-electron chi connectivity index (χ1n) is 13.4. The van der Waals surface area contributed by atoms with Crippen LogP contribution < -0.4 is 5.73 Å². The van der Waals surface area contributed by atoms with Gasteiger partial charge in [-0.3, -0.25) is 4.55 Å². The number of halogens is 3. The molecule has 0 fully saturated rings. The first kappa shape index (κ1) is 40.1. The van der Waals surface area contributed by atoms with Crippen molar-refractivity contribution < 1.29 is 54.0 Å². The maximum Gasteiger partial charge on any atom is 1.00 e. The Balaban J connectivity index is 0.000000438. The molecule has 4 aromatic carbocycles. The molecule has 0 saturated carbocycles. The van der Waals surface area contributed by atoms with E-state index in [4.69, 9.17) is 18.7 Å². The molecule has 0 aliphatic rings. The molecule has 0 aliphatic carbocycles. The van der Waals surface area contributed by atoms with Gasteiger partial charge in [-0.15, -0.1) is 0 Å². The van der Waals surface area contributed by atoms with Gasteiger partial charge in [0.25, 0.3) is 0 Å². The van der Waals surface area contributed by atoms with Crippen LogP contribution in [0, 0.1) is 13.8 Å². The standard InChI is InChI=1S/C21H21N2O2S.C10H14.CHF3O3S.Ru/c1-16-12-14-19(15-13-16)26(24,25)23-21(18-10-6-3-7-11-18)20(22)17-8-4-2-5-9-17;1-8(2)10-6-4-9(3)5-7-10;2-1(3,4)8(5,6)7;/h2-15,20-21H,22H2,1H3;4-8H,1-3H3;(H,5,6,7);/q-1;;;+1/t20-,21-;;;/m0.../s1. The van der Waals surface area contributed by atoms with Crippen molar-refractivity contribution in [3.05, 3.63) is 142 Å². The van der Waals surface area contributed by atoms with Crippen LogP contribution in [0.4, 0.5) is 13.2 Å². The van der Waals surface area contributed by atoms with Gasteiger partial charge in [0.05, 0.1) is 0 Å². The molecule has 245 valence electrons. The molecule has 45 heavy (non-hydrogen) atoms. The Morgan fingerprint density at radius 3 is 1.42 bits per heavy atom. The van der Waals surface area contributed by atoms with Gasteiger partial charge in [0.15, 0.2) is 0 Å². The Hall–Kier alpha value is -2.93. The molecular weight excluding hydrogens is 715 g/mol. The summed E-state index contributed by atoms with van der Waals surface area (Å²) in [5, 5.41) is 0. The maximum absolute atomic E-state index is 12.8. The van der Waals surface area contributed by atoms with Gasteiger partial charge in [-0.1, -0.05) is 134 Å². The molecule has 4 aromatic rings. The molecule has 0 aliphatic heterocycles. The molecule has 0 aromatic heterocycles. The molecule has 2 atom stereocenters. The number of sulfonamides is 1. The Labute approximate surface area is 276 Å². The molecule has 0 heterocycles. The molecule has 7 nitrogen and oxygen atoms in total. The second kappa shape index (κ2) is 17.7. The van der Waals surface area contributed by atoms with Crippen molar-refractivity contribution in [3.63, 3.8) is 0 Å². The van der Waals surface area contributed by atoms with Crippen LogP contribution in [0.5, 0.6) is 0 Å². The van der Waals surface area contributed by atoms with E-state index >= 15 is 0 Å². The Bertz CT molecular complexity index is 1650. The summed E-state index contributed by atoms with van der Waals surface area (Å²) in [6, 6.07) is 32.8. The summed E-state index contributed by atoms with van der Waals surface area (Å²) >= 11 is 0. The fraction of sp³-hybridized carbons (Fsp3) is 0.250. The van der Waals surface area contributed by atoms with Crippen molar-refractivity contribution in [2.75, 3.05) is 0 Å². The number of alkyl halides is 3. The van der Waals surface area contributed by atoms with Gasteiger partial charge in [-0.25, -0.2) is 8.42 Å². The van der Waals surface area contributed by atoms with Crippen molar-refractivity contribution >= 4 is 20.1 Å². The van der Waals surface area contributed by atoms with Crippen molar-refractivity contribution in [2.45, 2.75) is 56.1 Å². The average molecular weight is 751 g/mol. The predicted octanol–water partition coefficient (Wildman–Crippen LogP) is 8.01. The van der Waals surface area contributed by atoms with Crippen molar-refractivity contribution in [3.8, 4) is 0 Å². The van der Waals surface area contributed by atoms with E-state index in [0.717, 1.165) is 16.7 Å². The van der Waals surface area contributed by atoms with Crippen LogP contribution >= 0.6 is 0 Å². The van der Waals surface area contributed by atoms with Crippen molar-refractivity contribution in [2.24, 2.45) is 5.73 Å². The molecule has 0 unspecified atom stereocenters. The molecule has 0 bridgehead atoms. The van der Waals surface area contributed by atoms with E-state index in [1.165, 1.54) is 11.1 Å².